The molecule has 7 nitrogen and oxygen atoms in total. The van der Waals surface area contributed by atoms with E-state index in [1.807, 2.05) is 30.3 Å². The Morgan fingerprint density at radius 2 is 1.78 bits per heavy atom. The predicted molar refractivity (Wildman–Crippen MR) is 86.0 cm³/mol. The standard InChI is InChI=1S/C15H13N5O2S/c21-20(22)14-8-6-13(7-9-14)11-23-15-16-17-18-19(15)10-12-4-2-1-3-5-12/h1-9H,10-11H2. The lowest BCUT2D eigenvalue weighted by Crippen LogP contribution is -2.03. The highest BCUT2D eigenvalue weighted by Gasteiger charge is 2.09. The number of hydrogen-bond donors (Lipinski definition) is 0. The molecule has 1 heterocycles. The first-order chi connectivity index (χ1) is 11.2. The van der Waals surface area contributed by atoms with Gasteiger partial charge in [-0.25, -0.2) is 4.68 Å². The molecular weight excluding hydrogens is 314 g/mol. The van der Waals surface area contributed by atoms with Crippen molar-refractivity contribution in [3.63, 3.8) is 0 Å². The van der Waals surface area contributed by atoms with Gasteiger partial charge in [-0.3, -0.25) is 10.1 Å². The quantitative estimate of drug-likeness (QED) is 0.393. The third kappa shape index (κ3) is 3.92. The zero-order chi connectivity index (χ0) is 16.1. The normalized spacial score (nSPS) is 10.6. The van der Waals surface area contributed by atoms with E-state index in [0.717, 1.165) is 11.1 Å². The Bertz CT molecular complexity index is 789. The second-order valence-electron chi connectivity index (χ2n) is 4.82. The molecule has 0 fully saturated rings. The van der Waals surface area contributed by atoms with E-state index in [4.69, 9.17) is 0 Å². The lowest BCUT2D eigenvalue weighted by Gasteiger charge is -2.04. The highest BCUT2D eigenvalue weighted by atomic mass is 32.2. The van der Waals surface area contributed by atoms with E-state index in [9.17, 15) is 10.1 Å². The summed E-state index contributed by atoms with van der Waals surface area (Å²) in [4.78, 5) is 10.2. The van der Waals surface area contributed by atoms with E-state index in [0.29, 0.717) is 17.5 Å². The minimum atomic E-state index is -0.405. The van der Waals surface area contributed by atoms with Crippen LogP contribution in [0.4, 0.5) is 5.69 Å². The second kappa shape index (κ2) is 7.01. The molecule has 0 bridgehead atoms. The van der Waals surface area contributed by atoms with Crippen molar-refractivity contribution >= 4 is 17.4 Å². The second-order valence-corrected chi connectivity index (χ2v) is 5.76. The molecule has 0 aliphatic carbocycles. The molecule has 116 valence electrons. The molecule has 0 spiro atoms. The molecule has 0 saturated heterocycles. The van der Waals surface area contributed by atoms with Crippen LogP contribution in [-0.2, 0) is 12.3 Å². The van der Waals surface area contributed by atoms with Crippen LogP contribution < -0.4 is 0 Å². The fourth-order valence-electron chi connectivity index (χ4n) is 2.02. The van der Waals surface area contributed by atoms with Crippen molar-refractivity contribution in [3.05, 3.63) is 75.8 Å². The number of thioether (sulfide) groups is 1. The fourth-order valence-corrected chi connectivity index (χ4v) is 2.85. The van der Waals surface area contributed by atoms with Crippen LogP contribution in [0.3, 0.4) is 0 Å². The summed E-state index contributed by atoms with van der Waals surface area (Å²) in [6.45, 7) is 0.608. The maximum absolute atomic E-state index is 10.6. The van der Waals surface area contributed by atoms with Gasteiger partial charge in [0.25, 0.3) is 5.69 Å². The molecular formula is C15H13N5O2S. The van der Waals surface area contributed by atoms with Crippen LogP contribution in [0.15, 0.2) is 59.8 Å². The molecule has 0 unspecified atom stereocenters. The van der Waals surface area contributed by atoms with Crippen molar-refractivity contribution in [1.82, 2.24) is 20.2 Å². The summed E-state index contributed by atoms with van der Waals surface area (Å²) in [7, 11) is 0. The molecule has 0 radical (unpaired) electrons. The van der Waals surface area contributed by atoms with Crippen LogP contribution in [0.5, 0.6) is 0 Å². The third-order valence-electron chi connectivity index (χ3n) is 3.19. The molecule has 2 aromatic carbocycles. The molecule has 0 N–H and O–H groups in total. The van der Waals surface area contributed by atoms with Gasteiger partial charge < -0.3 is 0 Å². The molecule has 1 aromatic heterocycles. The number of aromatic nitrogens is 4. The van der Waals surface area contributed by atoms with E-state index in [1.54, 1.807) is 16.8 Å². The summed E-state index contributed by atoms with van der Waals surface area (Å²) in [6.07, 6.45) is 0. The van der Waals surface area contributed by atoms with Crippen LogP contribution in [0, 0.1) is 10.1 Å². The maximum Gasteiger partial charge on any atom is 0.269 e. The van der Waals surface area contributed by atoms with E-state index in [2.05, 4.69) is 15.5 Å². The van der Waals surface area contributed by atoms with Gasteiger partial charge in [0.05, 0.1) is 11.5 Å². The third-order valence-corrected chi connectivity index (χ3v) is 4.22. The molecule has 3 rings (SSSR count). The van der Waals surface area contributed by atoms with Crippen LogP contribution in [0.2, 0.25) is 0 Å². The monoisotopic (exact) mass is 327 g/mol. The molecule has 3 aromatic rings. The molecule has 0 atom stereocenters. The topological polar surface area (TPSA) is 86.7 Å². The molecule has 0 aliphatic rings. The Hall–Kier alpha value is -2.74. The van der Waals surface area contributed by atoms with Crippen LogP contribution in [0.25, 0.3) is 0 Å². The number of benzene rings is 2. The number of nitro benzene ring substituents is 1. The lowest BCUT2D eigenvalue weighted by molar-refractivity contribution is -0.384. The number of nitro groups is 1. The molecule has 23 heavy (non-hydrogen) atoms. The van der Waals surface area contributed by atoms with E-state index < -0.39 is 4.92 Å². The van der Waals surface area contributed by atoms with Gasteiger partial charge in [0.15, 0.2) is 0 Å². The Balaban J connectivity index is 1.65. The SMILES string of the molecule is O=[N+]([O-])c1ccc(CSc2nnnn2Cc2ccccc2)cc1. The van der Waals surface area contributed by atoms with Crippen LogP contribution in [0.1, 0.15) is 11.1 Å². The van der Waals surface area contributed by atoms with Crippen molar-refractivity contribution in [2.75, 3.05) is 0 Å². The van der Waals surface area contributed by atoms with Crippen LogP contribution >= 0.6 is 11.8 Å². The van der Waals surface area contributed by atoms with Gasteiger partial charge in [0, 0.05) is 17.9 Å². The number of nitrogens with zero attached hydrogens (tertiary/aromatic N) is 5. The minimum absolute atomic E-state index is 0.0904. The number of rotatable bonds is 6. The predicted octanol–water partition coefficient (Wildman–Crippen LogP) is 2.92. The van der Waals surface area contributed by atoms with Gasteiger partial charge in [-0.2, -0.15) is 0 Å². The Labute approximate surface area is 136 Å². The van der Waals surface area contributed by atoms with Crippen molar-refractivity contribution in [3.8, 4) is 0 Å². The van der Waals surface area contributed by atoms with E-state index in [-0.39, 0.29) is 5.69 Å². The van der Waals surface area contributed by atoms with E-state index in [1.165, 1.54) is 23.9 Å². The molecule has 8 heteroatoms. The van der Waals surface area contributed by atoms with Gasteiger partial charge >= 0.3 is 0 Å². The summed E-state index contributed by atoms with van der Waals surface area (Å²) in [6, 6.07) is 16.5. The highest BCUT2D eigenvalue weighted by Crippen LogP contribution is 2.22. The van der Waals surface area contributed by atoms with Gasteiger partial charge in [0.2, 0.25) is 5.16 Å². The Kier molecular flexibility index (Phi) is 4.62. The summed E-state index contributed by atoms with van der Waals surface area (Å²) < 4.78 is 1.74. The molecule has 0 aliphatic heterocycles. The van der Waals surface area contributed by atoms with Gasteiger partial charge in [-0.15, -0.1) is 5.10 Å². The largest absolute Gasteiger partial charge is 0.269 e. The Morgan fingerprint density at radius 3 is 2.48 bits per heavy atom. The summed E-state index contributed by atoms with van der Waals surface area (Å²) in [5, 5.41) is 23.1. The maximum atomic E-state index is 10.6. The zero-order valence-corrected chi connectivity index (χ0v) is 12.9. The van der Waals surface area contributed by atoms with Crippen molar-refractivity contribution in [2.45, 2.75) is 17.5 Å². The van der Waals surface area contributed by atoms with Gasteiger partial charge in [-0.05, 0) is 21.6 Å². The number of hydrogen-bond acceptors (Lipinski definition) is 6. The minimum Gasteiger partial charge on any atom is -0.258 e. The highest BCUT2D eigenvalue weighted by molar-refractivity contribution is 7.98. The average molecular weight is 327 g/mol. The lowest BCUT2D eigenvalue weighted by atomic mass is 10.2. The smallest absolute Gasteiger partial charge is 0.258 e. The summed E-state index contributed by atoms with van der Waals surface area (Å²) in [5.74, 6) is 0.646. The summed E-state index contributed by atoms with van der Waals surface area (Å²) in [5.41, 5.74) is 2.19. The van der Waals surface area contributed by atoms with Crippen molar-refractivity contribution in [2.24, 2.45) is 0 Å². The molecule has 0 amide bonds. The van der Waals surface area contributed by atoms with Gasteiger partial charge in [-0.1, -0.05) is 54.2 Å². The fraction of sp³-hybridized carbons (Fsp3) is 0.133. The number of tetrazole rings is 1. The van der Waals surface area contributed by atoms with E-state index >= 15 is 0 Å². The first-order valence-corrected chi connectivity index (χ1v) is 7.87. The first kappa shape index (κ1) is 15.2. The summed E-state index contributed by atoms with van der Waals surface area (Å²) >= 11 is 1.50. The average Bonchev–Trinajstić information content (AvgIpc) is 3.01. The zero-order valence-electron chi connectivity index (χ0n) is 12.1. The number of non-ortho nitro benzene ring substituents is 1. The van der Waals surface area contributed by atoms with Crippen molar-refractivity contribution < 1.29 is 4.92 Å². The van der Waals surface area contributed by atoms with Gasteiger partial charge in [0.1, 0.15) is 0 Å². The first-order valence-electron chi connectivity index (χ1n) is 6.88. The van der Waals surface area contributed by atoms with Crippen molar-refractivity contribution in [1.29, 1.82) is 0 Å². The Morgan fingerprint density at radius 1 is 1.04 bits per heavy atom. The molecule has 0 saturated carbocycles. The van der Waals surface area contributed by atoms with Crippen LogP contribution in [-0.4, -0.2) is 25.1 Å².